The molecule has 4 nitrogen and oxygen atoms in total. The number of likely N-dealkylation sites (tertiary alicyclic amines) is 1. The second kappa shape index (κ2) is 9.67. The normalized spacial score (nSPS) is 23.8. The van der Waals surface area contributed by atoms with E-state index in [0.29, 0.717) is 17.9 Å². The van der Waals surface area contributed by atoms with Crippen molar-refractivity contribution >= 4 is 0 Å². The smallest absolute Gasteiger partial charge is 0.0717 e. The Bertz CT molecular complexity index is 485. The van der Waals surface area contributed by atoms with Crippen molar-refractivity contribution in [3.8, 4) is 0 Å². The number of hydrogen-bond donors (Lipinski definition) is 0. The molecule has 2 saturated heterocycles. The van der Waals surface area contributed by atoms with Crippen molar-refractivity contribution in [2.24, 2.45) is 11.3 Å². The fourth-order valence-electron chi connectivity index (χ4n) is 4.21. The van der Waals surface area contributed by atoms with E-state index < -0.39 is 0 Å². The average Bonchev–Trinajstić information content (AvgIpc) is 2.67. The maximum atomic E-state index is 5.85. The van der Waals surface area contributed by atoms with Gasteiger partial charge >= 0.3 is 0 Å². The lowest BCUT2D eigenvalue weighted by molar-refractivity contribution is -0.0998. The zero-order valence-corrected chi connectivity index (χ0v) is 15.6. The van der Waals surface area contributed by atoms with Crippen molar-refractivity contribution in [1.82, 2.24) is 4.90 Å². The van der Waals surface area contributed by atoms with E-state index >= 15 is 0 Å². The van der Waals surface area contributed by atoms with Gasteiger partial charge in [0.25, 0.3) is 0 Å². The highest BCUT2D eigenvalue weighted by atomic mass is 16.5. The molecule has 2 aliphatic rings. The van der Waals surface area contributed by atoms with Crippen LogP contribution in [0.25, 0.3) is 0 Å². The number of nitrogens with zero attached hydrogens (tertiary/aromatic N) is 1. The van der Waals surface area contributed by atoms with Crippen molar-refractivity contribution in [3.63, 3.8) is 0 Å². The lowest BCUT2D eigenvalue weighted by Gasteiger charge is -2.49. The van der Waals surface area contributed by atoms with Gasteiger partial charge in [0.15, 0.2) is 0 Å². The largest absolute Gasteiger partial charge is 0.381 e. The van der Waals surface area contributed by atoms with Crippen molar-refractivity contribution < 1.29 is 14.2 Å². The summed E-state index contributed by atoms with van der Waals surface area (Å²) >= 11 is 0. The summed E-state index contributed by atoms with van der Waals surface area (Å²) in [4.78, 5) is 2.56. The van der Waals surface area contributed by atoms with Crippen molar-refractivity contribution in [3.05, 3.63) is 35.9 Å². The molecular weight excluding hydrogens is 314 g/mol. The van der Waals surface area contributed by atoms with Gasteiger partial charge in [0.05, 0.1) is 26.4 Å². The van der Waals surface area contributed by atoms with Gasteiger partial charge in [-0.2, -0.15) is 0 Å². The van der Waals surface area contributed by atoms with Crippen LogP contribution >= 0.6 is 0 Å². The average molecular weight is 347 g/mol. The van der Waals surface area contributed by atoms with Crippen LogP contribution in [0.4, 0.5) is 0 Å². The Balaban J connectivity index is 1.38. The van der Waals surface area contributed by atoms with Crippen LogP contribution in [-0.4, -0.2) is 57.6 Å². The van der Waals surface area contributed by atoms with E-state index in [4.69, 9.17) is 14.2 Å². The molecule has 2 aliphatic heterocycles. The van der Waals surface area contributed by atoms with Gasteiger partial charge in [-0.15, -0.1) is 0 Å². The fraction of sp³-hybridized carbons (Fsp3) is 0.714. The minimum atomic E-state index is 0.439. The van der Waals surface area contributed by atoms with Crippen LogP contribution < -0.4 is 0 Å². The van der Waals surface area contributed by atoms with E-state index in [9.17, 15) is 0 Å². The summed E-state index contributed by atoms with van der Waals surface area (Å²) < 4.78 is 17.3. The van der Waals surface area contributed by atoms with Gasteiger partial charge in [-0.1, -0.05) is 30.3 Å². The maximum Gasteiger partial charge on any atom is 0.0717 e. The Morgan fingerprint density at radius 3 is 2.68 bits per heavy atom. The molecule has 4 heteroatoms. The first kappa shape index (κ1) is 18.8. The molecule has 0 aromatic heterocycles. The summed E-state index contributed by atoms with van der Waals surface area (Å²) in [5.41, 5.74) is 1.69. The molecule has 140 valence electrons. The predicted molar refractivity (Wildman–Crippen MR) is 99.6 cm³/mol. The monoisotopic (exact) mass is 347 g/mol. The van der Waals surface area contributed by atoms with E-state index in [0.717, 1.165) is 39.6 Å². The molecule has 0 bridgehead atoms. The molecular formula is C21H33NO3. The molecule has 0 amide bonds. The van der Waals surface area contributed by atoms with E-state index in [2.05, 4.69) is 36.1 Å². The third-order valence-corrected chi connectivity index (χ3v) is 5.97. The molecule has 0 radical (unpaired) electrons. The maximum absolute atomic E-state index is 5.85. The molecule has 0 saturated carbocycles. The Morgan fingerprint density at radius 1 is 1.12 bits per heavy atom. The summed E-state index contributed by atoms with van der Waals surface area (Å²) in [5.74, 6) is 0.567. The Labute approximate surface area is 152 Å². The highest BCUT2D eigenvalue weighted by Gasteiger charge is 2.43. The summed E-state index contributed by atoms with van der Waals surface area (Å²) in [7, 11) is 0. The SMILES string of the molecule is CCOC[C@H]1COCCC12CCN(CCOCc1ccccc1)CC2. The third-order valence-electron chi connectivity index (χ3n) is 5.97. The number of rotatable bonds is 8. The zero-order valence-electron chi connectivity index (χ0n) is 15.6. The second-order valence-electron chi connectivity index (χ2n) is 7.42. The minimum absolute atomic E-state index is 0.439. The van der Waals surface area contributed by atoms with E-state index in [1.165, 1.54) is 37.9 Å². The van der Waals surface area contributed by atoms with E-state index in [1.807, 2.05) is 6.07 Å². The van der Waals surface area contributed by atoms with Crippen LogP contribution in [-0.2, 0) is 20.8 Å². The summed E-state index contributed by atoms with van der Waals surface area (Å²) in [6.07, 6.45) is 3.74. The molecule has 1 spiro atoms. The first-order valence-electron chi connectivity index (χ1n) is 9.82. The van der Waals surface area contributed by atoms with Gasteiger partial charge < -0.3 is 19.1 Å². The number of piperidine rings is 1. The van der Waals surface area contributed by atoms with Crippen molar-refractivity contribution in [1.29, 1.82) is 0 Å². The van der Waals surface area contributed by atoms with Gasteiger partial charge in [0.2, 0.25) is 0 Å². The molecule has 1 aromatic rings. The van der Waals surface area contributed by atoms with Crippen LogP contribution in [0.5, 0.6) is 0 Å². The lowest BCUT2D eigenvalue weighted by atomic mass is 9.66. The zero-order chi connectivity index (χ0) is 17.4. The molecule has 1 atom stereocenters. The highest BCUT2D eigenvalue weighted by molar-refractivity contribution is 5.13. The predicted octanol–water partition coefficient (Wildman–Crippen LogP) is 3.36. The van der Waals surface area contributed by atoms with Gasteiger partial charge in [-0.25, -0.2) is 0 Å². The standard InChI is InChI=1S/C21H33NO3/c1-2-23-17-20-18-24-14-10-21(20)8-11-22(12-9-21)13-15-25-16-19-6-4-3-5-7-19/h3-7,20H,2,8-18H2,1H3/t20-/m0/s1. The van der Waals surface area contributed by atoms with Crippen LogP contribution in [0.15, 0.2) is 30.3 Å². The van der Waals surface area contributed by atoms with E-state index in [1.54, 1.807) is 0 Å². The molecule has 0 unspecified atom stereocenters. The molecule has 1 aromatic carbocycles. The molecule has 25 heavy (non-hydrogen) atoms. The quantitative estimate of drug-likeness (QED) is 0.675. The molecule has 2 heterocycles. The fourth-order valence-corrected chi connectivity index (χ4v) is 4.21. The van der Waals surface area contributed by atoms with Crippen molar-refractivity contribution in [2.75, 3.05) is 52.7 Å². The number of hydrogen-bond acceptors (Lipinski definition) is 4. The van der Waals surface area contributed by atoms with Crippen molar-refractivity contribution in [2.45, 2.75) is 32.8 Å². The Hall–Kier alpha value is -0.940. The van der Waals surface area contributed by atoms with Gasteiger partial charge in [-0.05, 0) is 50.3 Å². The molecule has 0 aliphatic carbocycles. The van der Waals surface area contributed by atoms with E-state index in [-0.39, 0.29) is 0 Å². The van der Waals surface area contributed by atoms with Gasteiger partial charge in [-0.3, -0.25) is 0 Å². The van der Waals surface area contributed by atoms with Gasteiger partial charge in [0.1, 0.15) is 0 Å². The van der Waals surface area contributed by atoms with Gasteiger partial charge in [0, 0.05) is 25.7 Å². The van der Waals surface area contributed by atoms with Crippen LogP contribution in [0.1, 0.15) is 31.7 Å². The first-order chi connectivity index (χ1) is 12.3. The third kappa shape index (κ3) is 5.27. The van der Waals surface area contributed by atoms with Crippen LogP contribution in [0.3, 0.4) is 0 Å². The molecule has 2 fully saturated rings. The lowest BCUT2D eigenvalue weighted by Crippen LogP contribution is -2.49. The van der Waals surface area contributed by atoms with Crippen LogP contribution in [0, 0.1) is 11.3 Å². The Morgan fingerprint density at radius 2 is 1.92 bits per heavy atom. The number of benzene rings is 1. The molecule has 0 N–H and O–H groups in total. The number of ether oxygens (including phenoxy) is 3. The van der Waals surface area contributed by atoms with Crippen LogP contribution in [0.2, 0.25) is 0 Å². The summed E-state index contributed by atoms with van der Waals surface area (Å²) in [6.45, 7) is 10.5. The minimum Gasteiger partial charge on any atom is -0.381 e. The summed E-state index contributed by atoms with van der Waals surface area (Å²) in [6, 6.07) is 10.4. The topological polar surface area (TPSA) is 30.9 Å². The second-order valence-corrected chi connectivity index (χ2v) is 7.42. The first-order valence-corrected chi connectivity index (χ1v) is 9.82. The Kier molecular flexibility index (Phi) is 7.29. The molecule has 3 rings (SSSR count). The summed E-state index contributed by atoms with van der Waals surface area (Å²) in [5, 5.41) is 0. The highest BCUT2D eigenvalue weighted by Crippen LogP contribution is 2.44.